The predicted molar refractivity (Wildman–Crippen MR) is 89.4 cm³/mol. The molecule has 1 N–H and O–H groups in total. The van der Waals surface area contributed by atoms with Crippen molar-refractivity contribution in [3.63, 3.8) is 0 Å². The fourth-order valence-electron chi connectivity index (χ4n) is 2.13. The molecule has 0 aliphatic heterocycles. The molecular weight excluding hydrogens is 347 g/mol. The highest BCUT2D eigenvalue weighted by Crippen LogP contribution is 2.32. The molecule has 8 heteroatoms. The number of hydrogen-bond donors (Lipinski definition) is 1. The van der Waals surface area contributed by atoms with Crippen LogP contribution in [-0.4, -0.2) is 19.9 Å². The van der Waals surface area contributed by atoms with Gasteiger partial charge in [0, 0.05) is 6.54 Å². The fourth-order valence-corrected chi connectivity index (χ4v) is 3.41. The van der Waals surface area contributed by atoms with Gasteiger partial charge in [-0.05, 0) is 42.3 Å². The molecule has 25 heavy (non-hydrogen) atoms. The first-order valence-electron chi connectivity index (χ1n) is 7.67. The van der Waals surface area contributed by atoms with Crippen molar-refractivity contribution in [2.45, 2.75) is 23.8 Å². The molecule has 2 aromatic heterocycles. The second-order valence-electron chi connectivity index (χ2n) is 5.86. The molecule has 0 saturated heterocycles. The Bertz CT molecular complexity index is 945. The van der Waals surface area contributed by atoms with Crippen LogP contribution in [0.5, 0.6) is 0 Å². The predicted octanol–water partition coefficient (Wildman–Crippen LogP) is 3.97. The van der Waals surface area contributed by atoms with Gasteiger partial charge in [0.2, 0.25) is 20.7 Å². The van der Waals surface area contributed by atoms with E-state index in [2.05, 4.69) is 10.3 Å². The summed E-state index contributed by atoms with van der Waals surface area (Å²) in [7, 11) is -3.98. The largest absolute Gasteiger partial charge is 0.459 e. The van der Waals surface area contributed by atoms with Crippen molar-refractivity contribution in [1.29, 1.82) is 0 Å². The van der Waals surface area contributed by atoms with Crippen LogP contribution in [0.3, 0.4) is 0 Å². The van der Waals surface area contributed by atoms with Crippen molar-refractivity contribution >= 4 is 15.7 Å². The molecule has 0 aliphatic rings. The van der Waals surface area contributed by atoms with E-state index in [9.17, 15) is 12.8 Å². The first-order chi connectivity index (χ1) is 11.9. The Kier molecular flexibility index (Phi) is 4.63. The molecule has 0 amide bonds. The van der Waals surface area contributed by atoms with E-state index in [0.29, 0.717) is 12.3 Å². The van der Waals surface area contributed by atoms with Crippen LogP contribution in [-0.2, 0) is 9.84 Å². The molecule has 0 aliphatic carbocycles. The average Bonchev–Trinajstić information content (AvgIpc) is 3.23. The van der Waals surface area contributed by atoms with Gasteiger partial charge in [-0.15, -0.1) is 0 Å². The third kappa shape index (κ3) is 3.58. The average molecular weight is 364 g/mol. The number of rotatable bonds is 6. The molecule has 1 aromatic carbocycles. The summed E-state index contributed by atoms with van der Waals surface area (Å²) in [5.74, 6) is 0.140. The molecular formula is C17H17FN2O4S. The number of sulfone groups is 1. The number of furan rings is 1. The number of hydrogen-bond acceptors (Lipinski definition) is 6. The lowest BCUT2D eigenvalue weighted by atomic mass is 10.2. The van der Waals surface area contributed by atoms with Gasteiger partial charge in [-0.3, -0.25) is 0 Å². The Balaban J connectivity index is 2.07. The van der Waals surface area contributed by atoms with Crippen LogP contribution in [0.15, 0.2) is 61.4 Å². The highest BCUT2D eigenvalue weighted by Gasteiger charge is 2.29. The maximum atomic E-state index is 13.1. The zero-order valence-electron chi connectivity index (χ0n) is 13.7. The number of aromatic nitrogens is 1. The summed E-state index contributed by atoms with van der Waals surface area (Å²) in [5, 5.41) is 2.70. The summed E-state index contributed by atoms with van der Waals surface area (Å²) in [6, 6.07) is 7.82. The van der Waals surface area contributed by atoms with Gasteiger partial charge in [-0.25, -0.2) is 12.8 Å². The van der Waals surface area contributed by atoms with Gasteiger partial charge < -0.3 is 14.2 Å². The molecule has 3 rings (SSSR count). The van der Waals surface area contributed by atoms with E-state index in [1.165, 1.54) is 18.4 Å². The number of anilines is 1. The lowest BCUT2D eigenvalue weighted by molar-refractivity contribution is 0.519. The summed E-state index contributed by atoms with van der Waals surface area (Å²) in [6.45, 7) is 4.45. The number of benzene rings is 1. The van der Waals surface area contributed by atoms with Crippen LogP contribution in [0.2, 0.25) is 0 Å². The number of nitrogens with zero attached hydrogens (tertiary/aromatic N) is 1. The summed E-state index contributed by atoms with van der Waals surface area (Å²) in [6.07, 6.45) is 1.44. The minimum Gasteiger partial charge on any atom is -0.459 e. The SMILES string of the molecule is CC(C)CNc1oc(-c2ccco2)nc1S(=O)(=O)c1ccc(F)cc1. The summed E-state index contributed by atoms with van der Waals surface area (Å²) in [4.78, 5) is 4.03. The van der Waals surface area contributed by atoms with Crippen molar-refractivity contribution in [3.05, 3.63) is 48.5 Å². The van der Waals surface area contributed by atoms with Crippen LogP contribution in [0.25, 0.3) is 11.7 Å². The lowest BCUT2D eigenvalue weighted by Crippen LogP contribution is -2.11. The molecule has 3 aromatic rings. The summed E-state index contributed by atoms with van der Waals surface area (Å²) in [5.41, 5.74) is 0. The summed E-state index contributed by atoms with van der Waals surface area (Å²) >= 11 is 0. The second-order valence-corrected chi connectivity index (χ2v) is 7.73. The molecule has 0 saturated carbocycles. The normalized spacial score (nSPS) is 11.8. The van der Waals surface area contributed by atoms with Crippen molar-refractivity contribution in [1.82, 2.24) is 4.98 Å². The van der Waals surface area contributed by atoms with E-state index in [1.54, 1.807) is 12.1 Å². The molecule has 132 valence electrons. The van der Waals surface area contributed by atoms with Gasteiger partial charge in [-0.1, -0.05) is 13.8 Å². The van der Waals surface area contributed by atoms with E-state index < -0.39 is 15.7 Å². The second kappa shape index (κ2) is 6.72. The van der Waals surface area contributed by atoms with Crippen molar-refractivity contribution in [3.8, 4) is 11.7 Å². The monoisotopic (exact) mass is 364 g/mol. The molecule has 0 bridgehead atoms. The van der Waals surface area contributed by atoms with E-state index in [1.807, 2.05) is 13.8 Å². The van der Waals surface area contributed by atoms with Crippen molar-refractivity contribution in [2.75, 3.05) is 11.9 Å². The topological polar surface area (TPSA) is 85.3 Å². The van der Waals surface area contributed by atoms with Crippen LogP contribution in [0.4, 0.5) is 10.3 Å². The minimum absolute atomic E-state index is 0.0319. The van der Waals surface area contributed by atoms with Gasteiger partial charge >= 0.3 is 0 Å². The highest BCUT2D eigenvalue weighted by atomic mass is 32.2. The van der Waals surface area contributed by atoms with Crippen LogP contribution < -0.4 is 5.32 Å². The van der Waals surface area contributed by atoms with Gasteiger partial charge in [-0.2, -0.15) is 4.98 Å². The third-order valence-electron chi connectivity index (χ3n) is 3.38. The molecule has 6 nitrogen and oxygen atoms in total. The fraction of sp³-hybridized carbons (Fsp3) is 0.235. The van der Waals surface area contributed by atoms with E-state index in [4.69, 9.17) is 8.83 Å². The van der Waals surface area contributed by atoms with E-state index >= 15 is 0 Å². The zero-order valence-corrected chi connectivity index (χ0v) is 14.5. The molecule has 0 spiro atoms. The molecule has 0 fully saturated rings. The van der Waals surface area contributed by atoms with Crippen LogP contribution in [0.1, 0.15) is 13.8 Å². The molecule has 0 atom stereocenters. The van der Waals surface area contributed by atoms with Gasteiger partial charge in [0.05, 0.1) is 11.2 Å². The highest BCUT2D eigenvalue weighted by molar-refractivity contribution is 7.91. The summed E-state index contributed by atoms with van der Waals surface area (Å²) < 4.78 is 49.6. The van der Waals surface area contributed by atoms with Crippen LogP contribution in [0, 0.1) is 11.7 Å². The minimum atomic E-state index is -3.98. The molecule has 0 radical (unpaired) electrons. The van der Waals surface area contributed by atoms with Gasteiger partial charge in [0.15, 0.2) is 5.76 Å². The Hall–Kier alpha value is -2.61. The van der Waals surface area contributed by atoms with Crippen molar-refractivity contribution in [2.24, 2.45) is 5.92 Å². The third-order valence-corrected chi connectivity index (χ3v) is 5.06. The van der Waals surface area contributed by atoms with Crippen LogP contribution >= 0.6 is 0 Å². The Labute approximate surface area is 144 Å². The van der Waals surface area contributed by atoms with Crippen molar-refractivity contribution < 1.29 is 21.6 Å². The maximum Gasteiger partial charge on any atom is 0.266 e. The maximum absolute atomic E-state index is 13.1. The van der Waals surface area contributed by atoms with Gasteiger partial charge in [0.1, 0.15) is 5.82 Å². The Morgan fingerprint density at radius 3 is 2.52 bits per heavy atom. The number of oxazole rings is 1. The lowest BCUT2D eigenvalue weighted by Gasteiger charge is -2.08. The van der Waals surface area contributed by atoms with E-state index in [-0.39, 0.29) is 27.6 Å². The number of halogens is 1. The quantitative estimate of drug-likeness (QED) is 0.666. The standard InChI is InChI=1S/C17H17FN2O4S/c1-11(2)10-19-16-17(20-15(24-16)14-4-3-9-23-14)25(21,22)13-7-5-12(18)6-8-13/h3-9,11,19H,10H2,1-2H3. The number of nitrogens with one attached hydrogen (secondary N) is 1. The first-order valence-corrected chi connectivity index (χ1v) is 9.15. The Morgan fingerprint density at radius 2 is 1.92 bits per heavy atom. The smallest absolute Gasteiger partial charge is 0.266 e. The van der Waals surface area contributed by atoms with E-state index in [0.717, 1.165) is 12.1 Å². The first kappa shape index (κ1) is 17.2. The Morgan fingerprint density at radius 1 is 1.20 bits per heavy atom. The molecule has 0 unspecified atom stereocenters. The van der Waals surface area contributed by atoms with Gasteiger partial charge in [0.25, 0.3) is 5.89 Å². The molecule has 2 heterocycles. The zero-order chi connectivity index (χ0) is 18.0.